The minimum atomic E-state index is -0.800. The van der Waals surface area contributed by atoms with Crippen molar-refractivity contribution in [3.8, 4) is 0 Å². The van der Waals surface area contributed by atoms with Gasteiger partial charge in [-0.15, -0.1) is 0 Å². The second-order valence-corrected chi connectivity index (χ2v) is 4.81. The maximum absolute atomic E-state index is 11.7. The summed E-state index contributed by atoms with van der Waals surface area (Å²) in [5, 5.41) is 0. The van der Waals surface area contributed by atoms with Crippen LogP contribution in [0.25, 0.3) is 0 Å². The Labute approximate surface area is 116 Å². The maximum atomic E-state index is 11.7. The van der Waals surface area contributed by atoms with Crippen LogP contribution < -0.4 is 0 Å². The summed E-state index contributed by atoms with van der Waals surface area (Å²) in [6.07, 6.45) is 3.19. The lowest BCUT2D eigenvalue weighted by Crippen LogP contribution is -2.17. The molecule has 1 rings (SSSR count). The Bertz CT molecular complexity index is 441. The van der Waals surface area contributed by atoms with Crippen molar-refractivity contribution in [3.05, 3.63) is 33.8 Å². The molecule has 4 heteroatoms. The number of Topliss-reactive ketones (excluding diaryl/α,β-unsaturated/α-hetero) is 1. The van der Waals surface area contributed by atoms with Gasteiger partial charge in [0.2, 0.25) is 0 Å². The first-order chi connectivity index (χ1) is 8.60. The SMILES string of the molecule is CCCCc1ccc(C(=O)C(=O)OCC)cc1Br. The number of halogens is 1. The largest absolute Gasteiger partial charge is 0.460 e. The zero-order valence-corrected chi connectivity index (χ0v) is 12.2. The van der Waals surface area contributed by atoms with Crippen molar-refractivity contribution in [1.82, 2.24) is 0 Å². The summed E-state index contributed by atoms with van der Waals surface area (Å²) in [4.78, 5) is 23.0. The van der Waals surface area contributed by atoms with E-state index in [0.29, 0.717) is 5.56 Å². The van der Waals surface area contributed by atoms with Crippen molar-refractivity contribution in [2.45, 2.75) is 33.1 Å². The van der Waals surface area contributed by atoms with E-state index in [2.05, 4.69) is 27.6 Å². The molecular formula is C14H17BrO3. The van der Waals surface area contributed by atoms with Gasteiger partial charge < -0.3 is 4.74 Å². The Morgan fingerprint density at radius 2 is 2.00 bits per heavy atom. The first kappa shape index (κ1) is 14.9. The van der Waals surface area contributed by atoms with Crippen molar-refractivity contribution >= 4 is 27.7 Å². The minimum Gasteiger partial charge on any atom is -0.460 e. The molecule has 0 spiro atoms. The number of carbonyl (C=O) groups excluding carboxylic acids is 2. The Hall–Kier alpha value is -1.16. The fourth-order valence-corrected chi connectivity index (χ4v) is 2.15. The van der Waals surface area contributed by atoms with E-state index in [1.807, 2.05) is 6.07 Å². The molecule has 0 aliphatic rings. The zero-order valence-electron chi connectivity index (χ0n) is 10.7. The highest BCUT2D eigenvalue weighted by molar-refractivity contribution is 9.10. The van der Waals surface area contributed by atoms with E-state index < -0.39 is 11.8 Å². The van der Waals surface area contributed by atoms with Gasteiger partial charge in [0.15, 0.2) is 0 Å². The van der Waals surface area contributed by atoms with Crippen molar-refractivity contribution in [3.63, 3.8) is 0 Å². The van der Waals surface area contributed by atoms with Crippen molar-refractivity contribution < 1.29 is 14.3 Å². The molecule has 1 aromatic carbocycles. The third-order valence-electron chi connectivity index (χ3n) is 2.58. The van der Waals surface area contributed by atoms with Gasteiger partial charge in [-0.2, -0.15) is 0 Å². The first-order valence-corrected chi connectivity index (χ1v) is 6.89. The van der Waals surface area contributed by atoms with Crippen molar-refractivity contribution in [2.24, 2.45) is 0 Å². The van der Waals surface area contributed by atoms with Gasteiger partial charge >= 0.3 is 5.97 Å². The van der Waals surface area contributed by atoms with E-state index >= 15 is 0 Å². The van der Waals surface area contributed by atoms with Gasteiger partial charge in [-0.3, -0.25) is 4.79 Å². The van der Waals surface area contributed by atoms with Gasteiger partial charge in [-0.1, -0.05) is 41.4 Å². The highest BCUT2D eigenvalue weighted by atomic mass is 79.9. The molecule has 0 fully saturated rings. The van der Waals surface area contributed by atoms with Gasteiger partial charge in [0, 0.05) is 10.0 Å². The summed E-state index contributed by atoms with van der Waals surface area (Å²) in [5.74, 6) is -1.40. The predicted molar refractivity (Wildman–Crippen MR) is 73.7 cm³/mol. The lowest BCUT2D eigenvalue weighted by Gasteiger charge is -2.06. The number of hydrogen-bond donors (Lipinski definition) is 0. The molecule has 0 atom stereocenters. The number of carbonyl (C=O) groups is 2. The molecule has 0 amide bonds. The van der Waals surface area contributed by atoms with Crippen LogP contribution in [0.4, 0.5) is 0 Å². The topological polar surface area (TPSA) is 43.4 Å². The maximum Gasteiger partial charge on any atom is 0.379 e. The summed E-state index contributed by atoms with van der Waals surface area (Å²) in [6, 6.07) is 5.24. The molecule has 3 nitrogen and oxygen atoms in total. The lowest BCUT2D eigenvalue weighted by molar-refractivity contribution is -0.137. The van der Waals surface area contributed by atoms with Gasteiger partial charge in [0.1, 0.15) is 0 Å². The quantitative estimate of drug-likeness (QED) is 0.458. The molecule has 18 heavy (non-hydrogen) atoms. The van der Waals surface area contributed by atoms with Gasteiger partial charge in [0.05, 0.1) is 6.61 Å². The number of aryl methyl sites for hydroxylation is 1. The predicted octanol–water partition coefficient (Wildman–Crippen LogP) is 3.54. The summed E-state index contributed by atoms with van der Waals surface area (Å²) < 4.78 is 5.56. The van der Waals surface area contributed by atoms with Crippen LogP contribution in [-0.2, 0) is 16.0 Å². The van der Waals surface area contributed by atoms with E-state index in [-0.39, 0.29) is 6.61 Å². The lowest BCUT2D eigenvalue weighted by atomic mass is 10.0. The Morgan fingerprint density at radius 1 is 1.28 bits per heavy atom. The van der Waals surface area contributed by atoms with Crippen LogP contribution in [-0.4, -0.2) is 18.4 Å². The summed E-state index contributed by atoms with van der Waals surface area (Å²) in [5.41, 5.74) is 1.51. The zero-order chi connectivity index (χ0) is 13.5. The van der Waals surface area contributed by atoms with E-state index in [1.165, 1.54) is 0 Å². The number of hydrogen-bond acceptors (Lipinski definition) is 3. The van der Waals surface area contributed by atoms with Crippen molar-refractivity contribution in [1.29, 1.82) is 0 Å². The number of ketones is 1. The molecule has 1 aromatic rings. The van der Waals surface area contributed by atoms with Crippen molar-refractivity contribution in [2.75, 3.05) is 6.61 Å². The molecule has 98 valence electrons. The van der Waals surface area contributed by atoms with E-state index in [4.69, 9.17) is 0 Å². The summed E-state index contributed by atoms with van der Waals surface area (Å²) >= 11 is 3.43. The second-order valence-electron chi connectivity index (χ2n) is 3.96. The van der Waals surface area contributed by atoms with Crippen LogP contribution in [0.2, 0.25) is 0 Å². The third-order valence-corrected chi connectivity index (χ3v) is 3.31. The molecular weight excluding hydrogens is 296 g/mol. The van der Waals surface area contributed by atoms with E-state index in [9.17, 15) is 9.59 Å². The Morgan fingerprint density at radius 3 is 2.56 bits per heavy atom. The monoisotopic (exact) mass is 312 g/mol. The van der Waals surface area contributed by atoms with Crippen LogP contribution in [0.3, 0.4) is 0 Å². The smallest absolute Gasteiger partial charge is 0.379 e. The van der Waals surface area contributed by atoms with Crippen LogP contribution in [0.15, 0.2) is 22.7 Å². The fourth-order valence-electron chi connectivity index (χ4n) is 1.57. The third kappa shape index (κ3) is 3.95. The molecule has 0 saturated heterocycles. The Balaban J connectivity index is 2.83. The molecule has 0 aromatic heterocycles. The number of ether oxygens (including phenoxy) is 1. The van der Waals surface area contributed by atoms with Crippen LogP contribution in [0, 0.1) is 0 Å². The molecule has 0 bridgehead atoms. The van der Waals surface area contributed by atoms with Gasteiger partial charge in [-0.25, -0.2) is 4.79 Å². The number of rotatable bonds is 6. The summed E-state index contributed by atoms with van der Waals surface area (Å²) in [7, 11) is 0. The molecule has 0 N–H and O–H groups in total. The fraction of sp³-hybridized carbons (Fsp3) is 0.429. The highest BCUT2D eigenvalue weighted by Gasteiger charge is 2.18. The van der Waals surface area contributed by atoms with Crippen LogP contribution >= 0.6 is 15.9 Å². The molecule has 0 radical (unpaired) electrons. The average molecular weight is 313 g/mol. The molecule has 0 aliphatic carbocycles. The standard InChI is InChI=1S/C14H17BrO3/c1-3-5-6-10-7-8-11(9-12(10)15)13(16)14(17)18-4-2/h7-9H,3-6H2,1-2H3. The van der Waals surface area contributed by atoms with E-state index in [1.54, 1.807) is 19.1 Å². The van der Waals surface area contributed by atoms with E-state index in [0.717, 1.165) is 29.3 Å². The second kappa shape index (κ2) is 7.31. The molecule has 0 heterocycles. The normalized spacial score (nSPS) is 10.2. The van der Waals surface area contributed by atoms with Crippen LogP contribution in [0.5, 0.6) is 0 Å². The van der Waals surface area contributed by atoms with Gasteiger partial charge in [0.25, 0.3) is 5.78 Å². The molecule has 0 aliphatic heterocycles. The Kier molecular flexibility index (Phi) is 6.05. The number of unbranched alkanes of at least 4 members (excludes halogenated alkanes) is 1. The molecule has 0 unspecified atom stereocenters. The van der Waals surface area contributed by atoms with Gasteiger partial charge in [-0.05, 0) is 31.4 Å². The number of benzene rings is 1. The highest BCUT2D eigenvalue weighted by Crippen LogP contribution is 2.21. The molecule has 0 saturated carbocycles. The minimum absolute atomic E-state index is 0.209. The number of esters is 1. The average Bonchev–Trinajstić information content (AvgIpc) is 2.36. The van der Waals surface area contributed by atoms with Crippen LogP contribution in [0.1, 0.15) is 42.6 Å². The first-order valence-electron chi connectivity index (χ1n) is 6.10. The summed E-state index contributed by atoms with van der Waals surface area (Å²) in [6.45, 7) is 4.02.